The minimum atomic E-state index is -0.375. The van der Waals surface area contributed by atoms with Crippen molar-refractivity contribution in [1.29, 1.82) is 0 Å². The molecule has 2 amide bonds. The summed E-state index contributed by atoms with van der Waals surface area (Å²) in [7, 11) is 0. The maximum Gasteiger partial charge on any atom is 0.234 e. The molecular formula is C37H36ClN5O2S. The summed E-state index contributed by atoms with van der Waals surface area (Å²) in [4.78, 5) is 31.1. The number of benzene rings is 4. The fourth-order valence-corrected chi connectivity index (χ4v) is 7.09. The van der Waals surface area contributed by atoms with Crippen LogP contribution >= 0.6 is 23.4 Å². The average molecular weight is 650 g/mol. The van der Waals surface area contributed by atoms with Crippen molar-refractivity contribution >= 4 is 35.2 Å². The van der Waals surface area contributed by atoms with Gasteiger partial charge in [0.2, 0.25) is 11.8 Å². The van der Waals surface area contributed by atoms with Gasteiger partial charge >= 0.3 is 0 Å². The van der Waals surface area contributed by atoms with Crippen LogP contribution in [-0.4, -0.2) is 67.8 Å². The molecule has 4 aromatic carbocycles. The largest absolute Gasteiger partial charge is 0.339 e. The van der Waals surface area contributed by atoms with E-state index in [2.05, 4.69) is 10.2 Å². The maximum atomic E-state index is 14.0. The number of rotatable bonds is 10. The van der Waals surface area contributed by atoms with Gasteiger partial charge in [0.1, 0.15) is 0 Å². The molecule has 234 valence electrons. The molecule has 0 aliphatic carbocycles. The van der Waals surface area contributed by atoms with Crippen LogP contribution in [0.3, 0.4) is 0 Å². The Balaban J connectivity index is 1.07. The van der Waals surface area contributed by atoms with Crippen molar-refractivity contribution < 1.29 is 9.59 Å². The van der Waals surface area contributed by atoms with Gasteiger partial charge in [0.05, 0.1) is 10.9 Å². The first-order chi connectivity index (χ1) is 22.5. The van der Waals surface area contributed by atoms with Gasteiger partial charge in [0.15, 0.2) is 11.0 Å². The fourth-order valence-electron chi connectivity index (χ4n) is 5.98. The molecule has 5 aromatic rings. The first kappa shape index (κ1) is 31.6. The van der Waals surface area contributed by atoms with E-state index in [0.29, 0.717) is 49.1 Å². The first-order valence-corrected chi connectivity index (χ1v) is 16.9. The Morgan fingerprint density at radius 3 is 2.07 bits per heavy atom. The molecule has 6 rings (SSSR count). The van der Waals surface area contributed by atoms with E-state index < -0.39 is 0 Å². The molecule has 0 saturated carbocycles. The van der Waals surface area contributed by atoms with Crippen LogP contribution in [0.5, 0.6) is 0 Å². The monoisotopic (exact) mass is 649 g/mol. The lowest BCUT2D eigenvalue weighted by Gasteiger charge is -2.41. The van der Waals surface area contributed by atoms with E-state index in [0.717, 1.165) is 27.5 Å². The molecule has 1 unspecified atom stereocenters. The second kappa shape index (κ2) is 14.8. The summed E-state index contributed by atoms with van der Waals surface area (Å²) < 4.78 is 2.02. The van der Waals surface area contributed by atoms with E-state index in [1.54, 1.807) is 11.8 Å². The minimum Gasteiger partial charge on any atom is -0.339 e. The maximum absolute atomic E-state index is 14.0. The van der Waals surface area contributed by atoms with Crippen LogP contribution < -0.4 is 0 Å². The van der Waals surface area contributed by atoms with Gasteiger partial charge in [-0.1, -0.05) is 114 Å². The van der Waals surface area contributed by atoms with Crippen molar-refractivity contribution in [2.24, 2.45) is 0 Å². The highest BCUT2D eigenvalue weighted by Crippen LogP contribution is 2.32. The summed E-state index contributed by atoms with van der Waals surface area (Å²) in [6, 6.07) is 37.4. The molecule has 2 heterocycles. The van der Waals surface area contributed by atoms with Gasteiger partial charge < -0.3 is 9.80 Å². The van der Waals surface area contributed by atoms with Crippen molar-refractivity contribution in [3.05, 3.63) is 131 Å². The molecule has 1 saturated heterocycles. The zero-order chi connectivity index (χ0) is 31.9. The lowest BCUT2D eigenvalue weighted by Crippen LogP contribution is -2.56. The number of piperazine rings is 1. The fraction of sp³-hybridized carbons (Fsp3) is 0.243. The van der Waals surface area contributed by atoms with E-state index in [1.807, 2.05) is 137 Å². The number of hydrogen-bond donors (Lipinski definition) is 0. The number of carbonyl (C=O) groups excluding carboxylic acids is 2. The number of amides is 2. The summed E-state index contributed by atoms with van der Waals surface area (Å²) in [5.74, 6) is 1.21. The summed E-state index contributed by atoms with van der Waals surface area (Å²) >= 11 is 8.10. The molecule has 0 radical (unpaired) electrons. The van der Waals surface area contributed by atoms with Gasteiger partial charge in [-0.05, 0) is 48.7 Å². The summed E-state index contributed by atoms with van der Waals surface area (Å²) in [5, 5.41) is 10.3. The van der Waals surface area contributed by atoms with Gasteiger partial charge in [-0.15, -0.1) is 10.2 Å². The lowest BCUT2D eigenvalue weighted by molar-refractivity contribution is -0.142. The molecule has 0 N–H and O–H groups in total. The molecular weight excluding hydrogens is 614 g/mol. The molecule has 1 fully saturated rings. The quantitative estimate of drug-likeness (QED) is 0.117. The van der Waals surface area contributed by atoms with Crippen LogP contribution in [0.25, 0.3) is 17.1 Å². The molecule has 1 aromatic heterocycles. The van der Waals surface area contributed by atoms with Crippen LogP contribution in [0, 0.1) is 0 Å². The van der Waals surface area contributed by atoms with Crippen LogP contribution in [0.4, 0.5) is 0 Å². The van der Waals surface area contributed by atoms with E-state index in [9.17, 15) is 9.59 Å². The van der Waals surface area contributed by atoms with Crippen molar-refractivity contribution in [3.63, 3.8) is 0 Å². The van der Waals surface area contributed by atoms with E-state index >= 15 is 0 Å². The van der Waals surface area contributed by atoms with Gasteiger partial charge in [0, 0.05) is 49.1 Å². The highest BCUT2D eigenvalue weighted by atomic mass is 35.5. The number of carbonyl (C=O) groups is 2. The molecule has 0 bridgehead atoms. The first-order valence-electron chi connectivity index (χ1n) is 15.6. The lowest BCUT2D eigenvalue weighted by atomic mass is 9.89. The molecule has 0 spiro atoms. The molecule has 1 aliphatic heterocycles. The third-order valence-electron chi connectivity index (χ3n) is 8.30. The second-order valence-corrected chi connectivity index (χ2v) is 12.9. The average Bonchev–Trinajstić information content (AvgIpc) is 3.51. The Morgan fingerprint density at radius 2 is 1.43 bits per heavy atom. The molecule has 7 nitrogen and oxygen atoms in total. The smallest absolute Gasteiger partial charge is 0.234 e. The Labute approximate surface area is 279 Å². The highest BCUT2D eigenvalue weighted by Gasteiger charge is 2.34. The van der Waals surface area contributed by atoms with Crippen LogP contribution in [0.2, 0.25) is 5.02 Å². The van der Waals surface area contributed by atoms with Crippen molar-refractivity contribution in [3.8, 4) is 17.1 Å². The predicted octanol–water partition coefficient (Wildman–Crippen LogP) is 7.35. The second-order valence-electron chi connectivity index (χ2n) is 11.4. The number of halogens is 1. The van der Waals surface area contributed by atoms with Crippen molar-refractivity contribution in [1.82, 2.24) is 24.6 Å². The van der Waals surface area contributed by atoms with Crippen LogP contribution in [0.15, 0.2) is 120 Å². The third kappa shape index (κ3) is 7.03. The zero-order valence-electron chi connectivity index (χ0n) is 25.7. The summed E-state index contributed by atoms with van der Waals surface area (Å²) in [5.41, 5.74) is 3.71. The van der Waals surface area contributed by atoms with Crippen LogP contribution in [0.1, 0.15) is 36.8 Å². The summed E-state index contributed by atoms with van der Waals surface area (Å²) in [6.07, 6.45) is 1.13. The van der Waals surface area contributed by atoms with Gasteiger partial charge in [0.25, 0.3) is 0 Å². The number of hydrogen-bond acceptors (Lipinski definition) is 5. The summed E-state index contributed by atoms with van der Waals surface area (Å²) in [6.45, 7) is 3.61. The molecule has 1 aliphatic rings. The Bertz CT molecular complexity index is 1730. The van der Waals surface area contributed by atoms with Crippen molar-refractivity contribution in [2.75, 3.05) is 25.4 Å². The SMILES string of the molecule is CC1CN(C(=O)CCCSc2nnc(-c3ccccc3Cl)n2-c2ccccc2)CCN1C(=O)C(c1ccccc1)c1ccccc1. The number of nitrogens with zero attached hydrogens (tertiary/aromatic N) is 5. The number of aromatic nitrogens is 3. The highest BCUT2D eigenvalue weighted by molar-refractivity contribution is 7.99. The normalized spacial score (nSPS) is 14.9. The Hall–Kier alpha value is -4.40. The van der Waals surface area contributed by atoms with Gasteiger partial charge in [-0.25, -0.2) is 0 Å². The predicted molar refractivity (Wildman–Crippen MR) is 184 cm³/mol. The molecule has 46 heavy (non-hydrogen) atoms. The Kier molecular flexibility index (Phi) is 10.2. The van der Waals surface area contributed by atoms with Gasteiger partial charge in [-0.3, -0.25) is 14.2 Å². The topological polar surface area (TPSA) is 71.3 Å². The van der Waals surface area contributed by atoms with Crippen LogP contribution in [-0.2, 0) is 9.59 Å². The molecule has 1 atom stereocenters. The van der Waals surface area contributed by atoms with Gasteiger partial charge in [-0.2, -0.15) is 0 Å². The number of para-hydroxylation sites is 1. The molecule has 9 heteroatoms. The standard InChI is InChI=1S/C37H36ClN5O2S/c1-27-26-41(23-24-42(27)36(45)34(28-14-5-2-6-15-28)29-16-7-3-8-17-29)33(44)22-13-25-46-37-40-39-35(31-20-11-12-21-32(31)38)43(37)30-18-9-4-10-19-30/h2-12,14-21,27,34H,13,22-26H2,1H3. The third-order valence-corrected chi connectivity index (χ3v) is 9.65. The Morgan fingerprint density at radius 1 is 0.826 bits per heavy atom. The van der Waals surface area contributed by atoms with E-state index in [4.69, 9.17) is 11.6 Å². The van der Waals surface area contributed by atoms with Crippen molar-refractivity contribution in [2.45, 2.75) is 36.9 Å². The number of thioether (sulfide) groups is 1. The zero-order valence-corrected chi connectivity index (χ0v) is 27.3. The van der Waals surface area contributed by atoms with E-state index in [1.165, 1.54) is 0 Å². The van der Waals surface area contributed by atoms with E-state index in [-0.39, 0.29) is 23.8 Å². The minimum absolute atomic E-state index is 0.0760.